The third-order valence-electron chi connectivity index (χ3n) is 17.7. The zero-order valence-corrected chi connectivity index (χ0v) is 54.5. The van der Waals surface area contributed by atoms with Crippen molar-refractivity contribution >= 4 is 0 Å². The molecule has 0 heterocycles. The van der Waals surface area contributed by atoms with Gasteiger partial charge >= 0.3 is 0 Å². The lowest BCUT2D eigenvalue weighted by Gasteiger charge is -2.36. The van der Waals surface area contributed by atoms with Crippen molar-refractivity contribution in [1.29, 1.82) is 0 Å². The maximum atomic E-state index is 2.59. The molecule has 8 aromatic carbocycles. The van der Waals surface area contributed by atoms with Crippen molar-refractivity contribution in [1.82, 2.24) is 0 Å². The molecule has 422 valence electrons. The molecule has 0 bridgehead atoms. The van der Waals surface area contributed by atoms with E-state index in [4.69, 9.17) is 0 Å². The van der Waals surface area contributed by atoms with E-state index in [1.54, 1.807) is 0 Å². The molecule has 0 saturated carbocycles. The monoisotopic (exact) mass is 1070 g/mol. The van der Waals surface area contributed by atoms with E-state index in [1.807, 2.05) is 0 Å². The van der Waals surface area contributed by atoms with E-state index >= 15 is 0 Å². The fourth-order valence-electron chi connectivity index (χ4n) is 12.0. The average Bonchev–Trinajstić information content (AvgIpc) is 2.97. The lowest BCUT2D eigenvalue weighted by atomic mass is 9.65. The number of hydrogen-bond donors (Lipinski definition) is 0. The molecule has 0 amide bonds. The van der Waals surface area contributed by atoms with Gasteiger partial charge in [0.1, 0.15) is 0 Å². The fourth-order valence-corrected chi connectivity index (χ4v) is 12.0. The van der Waals surface area contributed by atoms with E-state index < -0.39 is 5.41 Å². The molecule has 0 aromatic heterocycles. The number of hydrogen-bond acceptors (Lipinski definition) is 0. The summed E-state index contributed by atoms with van der Waals surface area (Å²) in [5, 5.41) is 0. The van der Waals surface area contributed by atoms with Crippen molar-refractivity contribution in [2.24, 2.45) is 0 Å². The van der Waals surface area contributed by atoms with Crippen LogP contribution in [-0.4, -0.2) is 0 Å². The summed E-state index contributed by atoms with van der Waals surface area (Å²) in [6.07, 6.45) is 0. The molecule has 0 aliphatic heterocycles. The largest absolute Gasteiger partial charge is 0.0714 e. The summed E-state index contributed by atoms with van der Waals surface area (Å²) in [6.45, 7) is 56.7. The molecule has 0 unspecified atom stereocenters. The Morgan fingerprint density at radius 3 is 0.556 bits per heavy atom. The Morgan fingerprint density at radius 2 is 0.370 bits per heavy atom. The normalized spacial score (nSPS) is 14.3. The van der Waals surface area contributed by atoms with Crippen LogP contribution in [0.25, 0.3) is 55.6 Å². The summed E-state index contributed by atoms with van der Waals surface area (Å²) in [7, 11) is 0. The minimum absolute atomic E-state index is 0.0607. The van der Waals surface area contributed by atoms with Crippen LogP contribution in [0.15, 0.2) is 158 Å². The molecule has 0 saturated heterocycles. The number of rotatable bonds is 6. The second-order valence-corrected chi connectivity index (χ2v) is 32.6. The summed E-state index contributed by atoms with van der Waals surface area (Å²) >= 11 is 0. The van der Waals surface area contributed by atoms with Crippen LogP contribution < -0.4 is 0 Å². The Labute approximate surface area is 492 Å². The Balaban J connectivity index is 1.52. The molecule has 81 heavy (non-hydrogen) atoms. The Bertz CT molecular complexity index is 3130. The first-order valence-electron chi connectivity index (χ1n) is 30.3. The first kappa shape index (κ1) is 59.4. The van der Waals surface area contributed by atoms with E-state index in [0.717, 1.165) is 0 Å². The van der Waals surface area contributed by atoms with Gasteiger partial charge in [0.25, 0.3) is 0 Å². The van der Waals surface area contributed by atoms with Crippen LogP contribution in [0.3, 0.4) is 0 Å². The van der Waals surface area contributed by atoms with Gasteiger partial charge in [0.15, 0.2) is 0 Å². The SMILES string of the molecule is CC(C)(C)c1cc(-c2cc(-c3cc(C(C)(C)C)cc(C(C)(C)C)c3)cc(C3(c4cc(-c5cc(C(C)(C)C)cc(C(C)(C)C)c5)cc(-c5cc(C(C)(C)C)cc(C(C)(C)C)c5)c4)c4ccccc4-c4ccccc43)c2)cc(C(C)(C)C)c1. The summed E-state index contributed by atoms with van der Waals surface area (Å²) in [6, 6.07) is 63.9. The molecule has 0 heteroatoms. The molecule has 0 N–H and O–H groups in total. The van der Waals surface area contributed by atoms with Gasteiger partial charge < -0.3 is 0 Å². The molecule has 1 aliphatic carbocycles. The van der Waals surface area contributed by atoms with Crippen LogP contribution in [0.4, 0.5) is 0 Å². The Kier molecular flexibility index (Phi) is 14.7. The lowest BCUT2D eigenvalue weighted by molar-refractivity contribution is 0.568. The summed E-state index contributed by atoms with van der Waals surface area (Å²) < 4.78 is 0. The Hall–Kier alpha value is -6.24. The summed E-state index contributed by atoms with van der Waals surface area (Å²) in [5.41, 5.74) is 27.3. The number of fused-ring (bicyclic) bond motifs is 3. The third kappa shape index (κ3) is 11.8. The van der Waals surface area contributed by atoms with Crippen molar-refractivity contribution in [3.8, 4) is 55.6 Å². The van der Waals surface area contributed by atoms with E-state index in [-0.39, 0.29) is 43.3 Å². The van der Waals surface area contributed by atoms with Crippen LogP contribution in [0.2, 0.25) is 0 Å². The van der Waals surface area contributed by atoms with Crippen molar-refractivity contribution < 1.29 is 0 Å². The topological polar surface area (TPSA) is 0 Å². The summed E-state index contributed by atoms with van der Waals surface area (Å²) in [4.78, 5) is 0. The molecule has 0 spiro atoms. The molecule has 9 rings (SSSR count). The van der Waals surface area contributed by atoms with Gasteiger partial charge in [0, 0.05) is 0 Å². The standard InChI is InChI=1S/C81H98/c1-73(2,3)59-35-55(36-60(47-59)74(4,5)6)51-33-52(56-37-61(75(7,8)9)48-62(38-56)76(10,11)12)44-67(43-51)81(71-31-27-25-29-69(71)70-30-26-28-32-72(70)81)68-45-53(57-39-63(77(13,14)15)49-64(40-57)78(16,17)18)34-54(46-68)58-41-65(79(19,20)21)50-66(42-58)80(22,23)24/h25-50H,1-24H3. The van der Waals surface area contributed by atoms with Crippen molar-refractivity contribution in [2.75, 3.05) is 0 Å². The van der Waals surface area contributed by atoms with Gasteiger partial charge in [-0.1, -0.05) is 287 Å². The van der Waals surface area contributed by atoms with Gasteiger partial charge in [-0.25, -0.2) is 0 Å². The van der Waals surface area contributed by atoms with Crippen LogP contribution in [-0.2, 0) is 48.7 Å². The molecule has 8 aromatic rings. The summed E-state index contributed by atoms with van der Waals surface area (Å²) in [5.74, 6) is 0. The fraction of sp³-hybridized carbons (Fsp3) is 0.407. The molecule has 0 fully saturated rings. The minimum atomic E-state index is -0.741. The quantitative estimate of drug-likeness (QED) is 0.156. The average molecular weight is 1070 g/mol. The van der Waals surface area contributed by atoms with Crippen LogP contribution >= 0.6 is 0 Å². The lowest BCUT2D eigenvalue weighted by Crippen LogP contribution is -2.29. The highest BCUT2D eigenvalue weighted by molar-refractivity contribution is 5.90. The van der Waals surface area contributed by atoms with Crippen LogP contribution in [0.5, 0.6) is 0 Å². The smallest absolute Gasteiger partial charge is 0.0619 e. The Morgan fingerprint density at radius 1 is 0.198 bits per heavy atom. The second-order valence-electron chi connectivity index (χ2n) is 32.6. The van der Waals surface area contributed by atoms with E-state index in [1.165, 1.54) is 122 Å². The first-order valence-corrected chi connectivity index (χ1v) is 30.3. The maximum absolute atomic E-state index is 2.59. The molecular weight excluding hydrogens is 973 g/mol. The van der Waals surface area contributed by atoms with E-state index in [0.29, 0.717) is 0 Å². The zero-order chi connectivity index (χ0) is 59.6. The molecule has 0 nitrogen and oxygen atoms in total. The van der Waals surface area contributed by atoms with Gasteiger partial charge in [0.2, 0.25) is 0 Å². The third-order valence-corrected chi connectivity index (χ3v) is 17.7. The predicted molar refractivity (Wildman–Crippen MR) is 355 cm³/mol. The second kappa shape index (κ2) is 20.0. The van der Waals surface area contributed by atoms with Gasteiger partial charge in [-0.05, 0) is 202 Å². The predicted octanol–water partition coefficient (Wildman–Crippen LogP) is 23.1. The van der Waals surface area contributed by atoms with Crippen molar-refractivity contribution in [2.45, 2.75) is 215 Å². The molecule has 0 atom stereocenters. The highest BCUT2D eigenvalue weighted by Gasteiger charge is 2.47. The molecular formula is C81H98. The maximum Gasteiger partial charge on any atom is 0.0714 e. The zero-order valence-electron chi connectivity index (χ0n) is 54.5. The van der Waals surface area contributed by atoms with Crippen molar-refractivity contribution in [3.05, 3.63) is 224 Å². The minimum Gasteiger partial charge on any atom is -0.0619 e. The van der Waals surface area contributed by atoms with Crippen LogP contribution in [0, 0.1) is 0 Å². The van der Waals surface area contributed by atoms with Gasteiger partial charge in [-0.2, -0.15) is 0 Å². The molecule has 1 aliphatic rings. The van der Waals surface area contributed by atoms with Crippen molar-refractivity contribution in [3.63, 3.8) is 0 Å². The van der Waals surface area contributed by atoms with Gasteiger partial charge in [-0.15, -0.1) is 0 Å². The van der Waals surface area contributed by atoms with E-state index in [2.05, 4.69) is 324 Å². The number of benzene rings is 8. The highest BCUT2D eigenvalue weighted by Crippen LogP contribution is 2.58. The molecule has 0 radical (unpaired) electrons. The van der Waals surface area contributed by atoms with Gasteiger partial charge in [0.05, 0.1) is 5.41 Å². The van der Waals surface area contributed by atoms with Crippen LogP contribution in [0.1, 0.15) is 233 Å². The highest BCUT2D eigenvalue weighted by atomic mass is 14.5. The first-order chi connectivity index (χ1) is 37.1. The van der Waals surface area contributed by atoms with E-state index in [9.17, 15) is 0 Å². The van der Waals surface area contributed by atoms with Gasteiger partial charge in [-0.3, -0.25) is 0 Å².